The molecule has 2 aliphatic rings. The summed E-state index contributed by atoms with van der Waals surface area (Å²) in [6.45, 7) is 12.0. The number of fused-ring (bicyclic) bond motifs is 3. The Labute approximate surface area is 193 Å². The van der Waals surface area contributed by atoms with E-state index in [4.69, 9.17) is 4.74 Å². The standard InChI is InChI=1S/C24H33N5O4/c1-23(2,3)18(27-22(32)33-24(4,5)6)20(30)28-12-15-11-14(28)13-29(15)21(31)19-25-16-9-7-8-10-17(16)26-19/h7-10,14-15,18H,11-13H2,1-6H3,(H,25,26)(H,27,32). The van der Waals surface area contributed by atoms with Crippen molar-refractivity contribution in [3.63, 3.8) is 0 Å². The number of carbonyl (C=O) groups is 3. The topological polar surface area (TPSA) is 108 Å². The minimum absolute atomic E-state index is 0.0678. The lowest BCUT2D eigenvalue weighted by Crippen LogP contribution is -2.59. The van der Waals surface area contributed by atoms with E-state index in [1.54, 1.807) is 30.6 Å². The second-order valence-corrected chi connectivity index (χ2v) is 11.0. The first-order chi connectivity index (χ1) is 15.3. The molecule has 9 heteroatoms. The molecule has 3 atom stereocenters. The van der Waals surface area contributed by atoms with E-state index in [1.165, 1.54) is 0 Å². The summed E-state index contributed by atoms with van der Waals surface area (Å²) >= 11 is 0. The number of H-pyrrole nitrogens is 1. The van der Waals surface area contributed by atoms with Crippen LogP contribution in [0.2, 0.25) is 0 Å². The maximum absolute atomic E-state index is 13.5. The summed E-state index contributed by atoms with van der Waals surface area (Å²) in [5, 5.41) is 2.78. The number of piperazine rings is 1. The second-order valence-electron chi connectivity index (χ2n) is 11.0. The molecule has 0 spiro atoms. The van der Waals surface area contributed by atoms with Gasteiger partial charge in [0.1, 0.15) is 11.6 Å². The molecule has 178 valence electrons. The Bertz CT molecular complexity index is 1050. The van der Waals surface area contributed by atoms with Crippen LogP contribution in [0.25, 0.3) is 11.0 Å². The molecule has 2 aromatic rings. The van der Waals surface area contributed by atoms with Crippen LogP contribution in [0.3, 0.4) is 0 Å². The summed E-state index contributed by atoms with van der Waals surface area (Å²) in [4.78, 5) is 50.1. The van der Waals surface area contributed by atoms with Gasteiger partial charge in [0.25, 0.3) is 5.91 Å². The summed E-state index contributed by atoms with van der Waals surface area (Å²) in [5.41, 5.74) is 0.422. The molecule has 3 unspecified atom stereocenters. The first-order valence-electron chi connectivity index (χ1n) is 11.4. The van der Waals surface area contributed by atoms with Gasteiger partial charge in [-0.3, -0.25) is 9.59 Å². The van der Waals surface area contributed by atoms with Gasteiger partial charge in [-0.15, -0.1) is 0 Å². The quantitative estimate of drug-likeness (QED) is 0.740. The third-order valence-electron chi connectivity index (χ3n) is 6.15. The number of imidazole rings is 1. The number of amides is 3. The molecule has 3 amide bonds. The number of likely N-dealkylation sites (tertiary alicyclic amines) is 2. The number of aromatic nitrogens is 2. The average molecular weight is 456 g/mol. The lowest BCUT2D eigenvalue weighted by molar-refractivity contribution is -0.138. The fraction of sp³-hybridized carbons (Fsp3) is 0.583. The maximum atomic E-state index is 13.5. The van der Waals surface area contributed by atoms with Crippen LogP contribution in [0.1, 0.15) is 58.6 Å². The SMILES string of the molecule is CC(C)(C)OC(=O)NC(C(=O)N1CC2CC1CN2C(=O)c1nc2ccccc2[nH]1)C(C)(C)C. The number of aromatic amines is 1. The fourth-order valence-electron chi connectivity index (χ4n) is 4.62. The summed E-state index contributed by atoms with van der Waals surface area (Å²) in [7, 11) is 0. The number of benzene rings is 1. The minimum Gasteiger partial charge on any atom is -0.444 e. The predicted molar refractivity (Wildman–Crippen MR) is 124 cm³/mol. The highest BCUT2D eigenvalue weighted by Crippen LogP contribution is 2.34. The van der Waals surface area contributed by atoms with E-state index < -0.39 is 23.2 Å². The molecule has 1 aromatic heterocycles. The zero-order valence-corrected chi connectivity index (χ0v) is 20.1. The number of alkyl carbamates (subject to hydrolysis) is 1. The molecule has 2 bridgehead atoms. The van der Waals surface area contributed by atoms with Crippen molar-refractivity contribution < 1.29 is 19.1 Å². The normalized spacial score (nSPS) is 21.4. The number of ether oxygens (including phenoxy) is 1. The van der Waals surface area contributed by atoms with Gasteiger partial charge in [-0.25, -0.2) is 9.78 Å². The van der Waals surface area contributed by atoms with Gasteiger partial charge in [0.15, 0.2) is 5.82 Å². The Hall–Kier alpha value is -3.10. The van der Waals surface area contributed by atoms with E-state index in [9.17, 15) is 14.4 Å². The third kappa shape index (κ3) is 4.67. The van der Waals surface area contributed by atoms with Crippen LogP contribution in [0, 0.1) is 5.41 Å². The average Bonchev–Trinajstić information content (AvgIpc) is 3.42. The van der Waals surface area contributed by atoms with Gasteiger partial charge in [0, 0.05) is 13.1 Å². The van der Waals surface area contributed by atoms with Crippen molar-refractivity contribution in [3.8, 4) is 0 Å². The molecular formula is C24H33N5O4. The first-order valence-corrected chi connectivity index (χ1v) is 11.4. The van der Waals surface area contributed by atoms with Crippen molar-refractivity contribution in [1.82, 2.24) is 25.1 Å². The number of hydrogen-bond donors (Lipinski definition) is 2. The summed E-state index contributed by atoms with van der Waals surface area (Å²) in [6.07, 6.45) is 0.114. The lowest BCUT2D eigenvalue weighted by atomic mass is 9.85. The van der Waals surface area contributed by atoms with E-state index in [2.05, 4.69) is 15.3 Å². The number of nitrogens with one attached hydrogen (secondary N) is 2. The Morgan fingerprint density at radius 3 is 2.27 bits per heavy atom. The Balaban J connectivity index is 1.45. The molecule has 0 radical (unpaired) electrons. The van der Waals surface area contributed by atoms with Gasteiger partial charge in [0.05, 0.1) is 23.1 Å². The molecule has 2 aliphatic heterocycles. The van der Waals surface area contributed by atoms with Gasteiger partial charge < -0.3 is 24.8 Å². The van der Waals surface area contributed by atoms with Crippen LogP contribution in [0.5, 0.6) is 0 Å². The van der Waals surface area contributed by atoms with E-state index in [0.29, 0.717) is 18.9 Å². The molecule has 1 aromatic carbocycles. The van der Waals surface area contributed by atoms with E-state index in [-0.39, 0.29) is 23.9 Å². The first kappa shape index (κ1) is 23.1. The maximum Gasteiger partial charge on any atom is 0.408 e. The van der Waals surface area contributed by atoms with Gasteiger partial charge in [-0.1, -0.05) is 32.9 Å². The van der Waals surface area contributed by atoms with E-state index >= 15 is 0 Å². The van der Waals surface area contributed by atoms with Gasteiger partial charge in [-0.05, 0) is 44.7 Å². The molecular weight excluding hydrogens is 422 g/mol. The van der Waals surface area contributed by atoms with Crippen LogP contribution >= 0.6 is 0 Å². The minimum atomic E-state index is -0.730. The van der Waals surface area contributed by atoms with Crippen molar-refractivity contribution in [1.29, 1.82) is 0 Å². The number of para-hydroxylation sites is 2. The number of nitrogens with zero attached hydrogens (tertiary/aromatic N) is 3. The molecule has 2 fully saturated rings. The zero-order chi connectivity index (χ0) is 24.1. The molecule has 9 nitrogen and oxygen atoms in total. The third-order valence-corrected chi connectivity index (χ3v) is 6.15. The van der Waals surface area contributed by atoms with Crippen LogP contribution in [-0.4, -0.2) is 74.5 Å². The molecule has 4 rings (SSSR count). The van der Waals surface area contributed by atoms with Crippen LogP contribution in [-0.2, 0) is 9.53 Å². The highest BCUT2D eigenvalue weighted by Gasteiger charge is 2.50. The summed E-state index contributed by atoms with van der Waals surface area (Å²) < 4.78 is 5.38. The van der Waals surface area contributed by atoms with Crippen molar-refractivity contribution in [3.05, 3.63) is 30.1 Å². The highest BCUT2D eigenvalue weighted by molar-refractivity contribution is 5.95. The van der Waals surface area contributed by atoms with Crippen LogP contribution in [0.15, 0.2) is 24.3 Å². The van der Waals surface area contributed by atoms with Crippen molar-refractivity contribution >= 4 is 28.9 Å². The van der Waals surface area contributed by atoms with E-state index in [1.807, 2.05) is 45.0 Å². The summed E-state index contributed by atoms with van der Waals surface area (Å²) in [5.74, 6) is 0.0301. The lowest BCUT2D eigenvalue weighted by Gasteiger charge is -2.39. The van der Waals surface area contributed by atoms with Crippen LogP contribution in [0.4, 0.5) is 4.79 Å². The predicted octanol–water partition coefficient (Wildman–Crippen LogP) is 2.93. The number of rotatable bonds is 3. The Kier molecular flexibility index (Phi) is 5.62. The van der Waals surface area contributed by atoms with Gasteiger partial charge in [-0.2, -0.15) is 0 Å². The second kappa shape index (κ2) is 8.04. The smallest absolute Gasteiger partial charge is 0.408 e. The molecule has 3 heterocycles. The molecule has 2 N–H and O–H groups in total. The molecule has 0 saturated carbocycles. The van der Waals surface area contributed by atoms with Gasteiger partial charge >= 0.3 is 6.09 Å². The Morgan fingerprint density at radius 2 is 1.70 bits per heavy atom. The van der Waals surface area contributed by atoms with Crippen LogP contribution < -0.4 is 5.32 Å². The van der Waals surface area contributed by atoms with Crippen molar-refractivity contribution in [2.45, 2.75) is 71.7 Å². The zero-order valence-electron chi connectivity index (χ0n) is 20.1. The Morgan fingerprint density at radius 1 is 1.06 bits per heavy atom. The highest BCUT2D eigenvalue weighted by atomic mass is 16.6. The molecule has 0 aliphatic carbocycles. The van der Waals surface area contributed by atoms with Gasteiger partial charge in [0.2, 0.25) is 5.91 Å². The fourth-order valence-corrected chi connectivity index (χ4v) is 4.62. The monoisotopic (exact) mass is 455 g/mol. The van der Waals surface area contributed by atoms with Crippen molar-refractivity contribution in [2.75, 3.05) is 13.1 Å². The number of carbonyl (C=O) groups excluding carboxylic acids is 3. The number of hydrogen-bond acceptors (Lipinski definition) is 5. The largest absolute Gasteiger partial charge is 0.444 e. The molecule has 2 saturated heterocycles. The molecule has 33 heavy (non-hydrogen) atoms. The van der Waals surface area contributed by atoms with E-state index in [0.717, 1.165) is 17.5 Å². The van der Waals surface area contributed by atoms with Crippen molar-refractivity contribution in [2.24, 2.45) is 5.41 Å². The summed E-state index contributed by atoms with van der Waals surface area (Å²) in [6, 6.07) is 6.65.